The van der Waals surface area contributed by atoms with Gasteiger partial charge in [-0.15, -0.1) is 0 Å². The smallest absolute Gasteiger partial charge is 0.384 e. The zero-order valence-electron chi connectivity index (χ0n) is 10.3. The highest BCUT2D eigenvalue weighted by Gasteiger charge is 1.92. The van der Waals surface area contributed by atoms with Crippen molar-refractivity contribution in [1.82, 2.24) is 0 Å². The third-order valence-electron chi connectivity index (χ3n) is 2.18. The second-order valence-corrected chi connectivity index (χ2v) is 3.71. The van der Waals surface area contributed by atoms with Crippen LogP contribution in [0.5, 0.6) is 0 Å². The molecule has 0 fully saturated rings. The quantitative estimate of drug-likeness (QED) is 0.207. The molecule has 90 valence electrons. The Morgan fingerprint density at radius 3 is 2.62 bits per heavy atom. The number of hydrogen-bond donors (Lipinski definition) is 0. The topological polar surface area (TPSA) is 26.3 Å². The van der Waals surface area contributed by atoms with Crippen LogP contribution in [0.15, 0.2) is 12.7 Å². The first-order chi connectivity index (χ1) is 7.81. The highest BCUT2D eigenvalue weighted by atomic mass is 16.5. The summed E-state index contributed by atoms with van der Waals surface area (Å²) in [6.45, 7) is 5.90. The van der Waals surface area contributed by atoms with E-state index >= 15 is 0 Å². The molecule has 0 saturated carbocycles. The standard InChI is InChI=1S/C14H22O2/c1-3-5-6-7-8-9-10-11-12-14(15)16-13-4-2/h4H,2-3,5-10,13H2,1H3. The van der Waals surface area contributed by atoms with Crippen molar-refractivity contribution in [2.75, 3.05) is 6.61 Å². The normalized spacial score (nSPS) is 9.06. The van der Waals surface area contributed by atoms with Crippen LogP contribution in [0.1, 0.15) is 51.9 Å². The maximum absolute atomic E-state index is 10.9. The minimum absolute atomic E-state index is 0.241. The van der Waals surface area contributed by atoms with Gasteiger partial charge in [0, 0.05) is 12.3 Å². The van der Waals surface area contributed by atoms with Crippen LogP contribution in [0, 0.1) is 11.8 Å². The molecular formula is C14H22O2. The lowest BCUT2D eigenvalue weighted by Crippen LogP contribution is -2.00. The van der Waals surface area contributed by atoms with E-state index in [1.165, 1.54) is 38.2 Å². The number of unbranched alkanes of at least 4 members (excludes halogenated alkanes) is 6. The maximum atomic E-state index is 10.9. The van der Waals surface area contributed by atoms with Crippen molar-refractivity contribution in [2.45, 2.75) is 51.9 Å². The van der Waals surface area contributed by atoms with E-state index in [0.29, 0.717) is 0 Å². The Morgan fingerprint density at radius 1 is 1.25 bits per heavy atom. The predicted octanol–water partition coefficient (Wildman–Crippen LogP) is 3.47. The summed E-state index contributed by atoms with van der Waals surface area (Å²) in [6.07, 6.45) is 9.78. The van der Waals surface area contributed by atoms with Crippen molar-refractivity contribution in [3.8, 4) is 11.8 Å². The lowest BCUT2D eigenvalue weighted by atomic mass is 10.1. The van der Waals surface area contributed by atoms with E-state index in [1.54, 1.807) is 0 Å². The van der Waals surface area contributed by atoms with Crippen molar-refractivity contribution in [3.63, 3.8) is 0 Å². The minimum Gasteiger partial charge on any atom is -0.452 e. The van der Waals surface area contributed by atoms with Crippen molar-refractivity contribution < 1.29 is 9.53 Å². The molecule has 16 heavy (non-hydrogen) atoms. The zero-order valence-corrected chi connectivity index (χ0v) is 10.3. The van der Waals surface area contributed by atoms with Gasteiger partial charge in [0.05, 0.1) is 0 Å². The Hall–Kier alpha value is -1.23. The fraction of sp³-hybridized carbons (Fsp3) is 0.643. The number of hydrogen-bond acceptors (Lipinski definition) is 2. The van der Waals surface area contributed by atoms with Crippen molar-refractivity contribution in [2.24, 2.45) is 0 Å². The van der Waals surface area contributed by atoms with E-state index < -0.39 is 5.97 Å². The lowest BCUT2D eigenvalue weighted by Gasteiger charge is -1.96. The van der Waals surface area contributed by atoms with E-state index in [9.17, 15) is 4.79 Å². The van der Waals surface area contributed by atoms with E-state index in [0.717, 1.165) is 12.8 Å². The van der Waals surface area contributed by atoms with Gasteiger partial charge in [0.25, 0.3) is 0 Å². The van der Waals surface area contributed by atoms with Gasteiger partial charge in [-0.3, -0.25) is 0 Å². The van der Waals surface area contributed by atoms with Crippen LogP contribution in [0.3, 0.4) is 0 Å². The first-order valence-corrected chi connectivity index (χ1v) is 6.07. The molecule has 0 N–H and O–H groups in total. The predicted molar refractivity (Wildman–Crippen MR) is 66.9 cm³/mol. The molecule has 0 radical (unpaired) electrons. The van der Waals surface area contributed by atoms with Crippen LogP contribution in [0.2, 0.25) is 0 Å². The fourth-order valence-corrected chi connectivity index (χ4v) is 1.30. The molecule has 0 aliphatic rings. The molecule has 0 bridgehead atoms. The molecule has 0 heterocycles. The molecule has 2 nitrogen and oxygen atoms in total. The lowest BCUT2D eigenvalue weighted by molar-refractivity contribution is -0.135. The van der Waals surface area contributed by atoms with Gasteiger partial charge < -0.3 is 4.74 Å². The van der Waals surface area contributed by atoms with Crippen LogP contribution in [-0.2, 0) is 9.53 Å². The number of esters is 1. The number of rotatable bonds is 8. The van der Waals surface area contributed by atoms with Gasteiger partial charge in [0.2, 0.25) is 0 Å². The third kappa shape index (κ3) is 10.8. The summed E-state index contributed by atoms with van der Waals surface area (Å²) in [6, 6.07) is 0. The summed E-state index contributed by atoms with van der Waals surface area (Å²) in [5.41, 5.74) is 0. The average molecular weight is 222 g/mol. The van der Waals surface area contributed by atoms with Gasteiger partial charge in [-0.05, 0) is 6.42 Å². The summed E-state index contributed by atoms with van der Waals surface area (Å²) in [5.74, 6) is 4.83. The van der Waals surface area contributed by atoms with Crippen LogP contribution < -0.4 is 0 Å². The van der Waals surface area contributed by atoms with Crippen molar-refractivity contribution >= 4 is 5.97 Å². The second-order valence-electron chi connectivity index (χ2n) is 3.71. The van der Waals surface area contributed by atoms with Crippen molar-refractivity contribution in [3.05, 3.63) is 12.7 Å². The molecule has 0 rings (SSSR count). The molecule has 0 aliphatic heterocycles. The Balaban J connectivity index is 3.33. The molecular weight excluding hydrogens is 200 g/mol. The Kier molecular flexibility index (Phi) is 10.9. The highest BCUT2D eigenvalue weighted by Crippen LogP contribution is 2.05. The first kappa shape index (κ1) is 14.8. The summed E-state index contributed by atoms with van der Waals surface area (Å²) in [4.78, 5) is 10.9. The molecule has 2 heteroatoms. The zero-order chi connectivity index (χ0) is 12.1. The number of carbonyl (C=O) groups is 1. The maximum Gasteiger partial charge on any atom is 0.384 e. The second kappa shape index (κ2) is 11.8. The summed E-state index contributed by atoms with van der Waals surface area (Å²) < 4.78 is 4.72. The van der Waals surface area contributed by atoms with Crippen LogP contribution in [-0.4, -0.2) is 12.6 Å². The third-order valence-corrected chi connectivity index (χ3v) is 2.18. The van der Waals surface area contributed by atoms with E-state index in [-0.39, 0.29) is 6.61 Å². The van der Waals surface area contributed by atoms with Gasteiger partial charge in [-0.25, -0.2) is 4.79 Å². The van der Waals surface area contributed by atoms with E-state index in [2.05, 4.69) is 25.3 Å². The summed E-state index contributed by atoms with van der Waals surface area (Å²) in [5, 5.41) is 0. The van der Waals surface area contributed by atoms with Crippen LogP contribution in [0.4, 0.5) is 0 Å². The molecule has 0 saturated heterocycles. The Labute approximate surface area is 99.1 Å². The molecule has 0 spiro atoms. The number of carbonyl (C=O) groups excluding carboxylic acids is 1. The molecule has 0 aliphatic carbocycles. The van der Waals surface area contributed by atoms with E-state index in [4.69, 9.17) is 4.74 Å². The average Bonchev–Trinajstić information content (AvgIpc) is 2.30. The summed E-state index contributed by atoms with van der Waals surface area (Å²) >= 11 is 0. The highest BCUT2D eigenvalue weighted by molar-refractivity contribution is 5.88. The largest absolute Gasteiger partial charge is 0.452 e. The SMILES string of the molecule is C=CCOC(=O)C#CCCCCCCCC. The molecule has 0 aromatic heterocycles. The first-order valence-electron chi connectivity index (χ1n) is 6.07. The van der Waals surface area contributed by atoms with Gasteiger partial charge in [-0.2, -0.15) is 0 Å². The molecule has 0 unspecified atom stereocenters. The van der Waals surface area contributed by atoms with Gasteiger partial charge in [0.15, 0.2) is 0 Å². The van der Waals surface area contributed by atoms with Crippen LogP contribution in [0.25, 0.3) is 0 Å². The van der Waals surface area contributed by atoms with Gasteiger partial charge in [0.1, 0.15) is 6.61 Å². The van der Waals surface area contributed by atoms with Crippen LogP contribution >= 0.6 is 0 Å². The Bertz CT molecular complexity index is 245. The molecule has 0 aromatic rings. The molecule has 0 amide bonds. The minimum atomic E-state index is -0.453. The molecule has 0 aromatic carbocycles. The van der Waals surface area contributed by atoms with Gasteiger partial charge >= 0.3 is 5.97 Å². The van der Waals surface area contributed by atoms with Crippen molar-refractivity contribution in [1.29, 1.82) is 0 Å². The number of ether oxygens (including phenoxy) is 1. The Morgan fingerprint density at radius 2 is 1.94 bits per heavy atom. The fourth-order valence-electron chi connectivity index (χ4n) is 1.30. The van der Waals surface area contributed by atoms with Gasteiger partial charge in [-0.1, -0.05) is 57.6 Å². The monoisotopic (exact) mass is 222 g/mol. The molecule has 0 atom stereocenters. The van der Waals surface area contributed by atoms with E-state index in [1.807, 2.05) is 0 Å². The summed E-state index contributed by atoms with van der Waals surface area (Å²) in [7, 11) is 0.